The molecule has 0 aromatic heterocycles. The quantitative estimate of drug-likeness (QED) is 0.466. The molecule has 0 rings (SSSR count). The van der Waals surface area contributed by atoms with Gasteiger partial charge < -0.3 is 67.5 Å². The third-order valence-corrected chi connectivity index (χ3v) is 0. The molecule has 0 atom stereocenters. The summed E-state index contributed by atoms with van der Waals surface area (Å²) in [6.45, 7) is 0. The molecular weight excluding hydrogens is 404 g/mol. The van der Waals surface area contributed by atoms with Crippen LogP contribution in [0, 0.1) is 0 Å². The first-order valence-electron chi connectivity index (χ1n) is 0. The number of hydrogen-bond acceptors (Lipinski definition) is 0. The maximum absolute atomic E-state index is 0. The molecule has 0 spiro atoms. The summed E-state index contributed by atoms with van der Waals surface area (Å²) in [6.07, 6.45) is 0. The van der Waals surface area contributed by atoms with Gasteiger partial charge in [0.25, 0.3) is 0 Å². The van der Waals surface area contributed by atoms with Gasteiger partial charge in [0.2, 0.25) is 0 Å². The molecule has 0 fully saturated rings. The van der Waals surface area contributed by atoms with Crippen LogP contribution >= 0.6 is 0 Å². The van der Waals surface area contributed by atoms with E-state index in [1.807, 2.05) is 0 Å². The fourth-order valence-electron chi connectivity index (χ4n) is 0. The first-order valence-corrected chi connectivity index (χ1v) is 0. The van der Waals surface area contributed by atoms with Gasteiger partial charge >= 0.3 is 48.9 Å². The van der Waals surface area contributed by atoms with E-state index in [2.05, 4.69) is 0 Å². The summed E-state index contributed by atoms with van der Waals surface area (Å²) >= 11 is 0. The number of rotatable bonds is 0. The van der Waals surface area contributed by atoms with Gasteiger partial charge in [-0.2, -0.15) is 0 Å². The van der Waals surface area contributed by atoms with Gasteiger partial charge in [-0.3, -0.25) is 0 Å². The second-order valence-corrected chi connectivity index (χ2v) is 0. The molecule has 0 aromatic carbocycles. The normalized spacial score (nSPS) is 0. The molecule has 0 N–H and O–H groups in total. The summed E-state index contributed by atoms with van der Waals surface area (Å²) in [6, 6.07) is 0. The molecular formula is S5Sb2. The fourth-order valence-corrected chi connectivity index (χ4v) is 0. The van der Waals surface area contributed by atoms with Crippen molar-refractivity contribution in [3.8, 4) is 0 Å². The maximum Gasteiger partial charge on any atom is 5.00 e. The monoisotopic (exact) mass is 402 g/mol. The molecule has 0 amide bonds. The van der Waals surface area contributed by atoms with Gasteiger partial charge in [-0.15, -0.1) is 0 Å². The zero-order valence-corrected chi connectivity index (χ0v) is 12.1. The minimum atomic E-state index is 0. The fraction of sp³-hybridized carbons (Fsp3) is 0. The average Bonchev–Trinajstić information content (AvgIpc) is 0. The second-order valence-electron chi connectivity index (χ2n) is 0. The molecule has 0 saturated carbocycles. The van der Waals surface area contributed by atoms with Gasteiger partial charge in [-0.05, 0) is 0 Å². The summed E-state index contributed by atoms with van der Waals surface area (Å²) in [5.74, 6) is 0. The van der Waals surface area contributed by atoms with E-state index in [1.54, 1.807) is 0 Å². The van der Waals surface area contributed by atoms with Crippen LogP contribution in [0.4, 0.5) is 0 Å². The molecule has 0 aromatic rings. The molecule has 0 saturated heterocycles. The van der Waals surface area contributed by atoms with Crippen LogP contribution in [0.15, 0.2) is 0 Å². The van der Waals surface area contributed by atoms with Gasteiger partial charge in [0.15, 0.2) is 0 Å². The van der Waals surface area contributed by atoms with Gasteiger partial charge in [0.1, 0.15) is 0 Å². The van der Waals surface area contributed by atoms with E-state index in [0.717, 1.165) is 0 Å². The van der Waals surface area contributed by atoms with Crippen molar-refractivity contribution in [3.05, 3.63) is 0 Å². The van der Waals surface area contributed by atoms with E-state index >= 15 is 0 Å². The topological polar surface area (TPSA) is 0 Å². The minimum absolute atomic E-state index is 0. The molecule has 0 aliphatic rings. The van der Waals surface area contributed by atoms with Crippen LogP contribution in [0.5, 0.6) is 0 Å². The second kappa shape index (κ2) is 57.6. The predicted octanol–water partition coefficient (Wildman–Crippen LogP) is -0.774. The van der Waals surface area contributed by atoms with Crippen LogP contribution in [-0.2, 0) is 67.5 Å². The summed E-state index contributed by atoms with van der Waals surface area (Å²) in [5, 5.41) is 0. The van der Waals surface area contributed by atoms with Crippen molar-refractivity contribution in [2.75, 3.05) is 0 Å². The third kappa shape index (κ3) is 44.7. The van der Waals surface area contributed by atoms with Crippen LogP contribution in [-0.4, -0.2) is 48.9 Å². The molecule has 0 unspecified atom stereocenters. The molecule has 7 heteroatoms. The molecule has 7 heavy (non-hydrogen) atoms. The molecule has 0 aliphatic carbocycles. The molecule has 0 nitrogen and oxygen atoms in total. The molecule has 0 aliphatic heterocycles. The SMILES string of the molecule is [S-2].[S-2].[S-2].[S-2].[S-2].[Sb+5].[Sb+5]. The summed E-state index contributed by atoms with van der Waals surface area (Å²) in [4.78, 5) is 0. The zero-order chi connectivity index (χ0) is 0. The summed E-state index contributed by atoms with van der Waals surface area (Å²) < 4.78 is 0. The smallest absolute Gasteiger partial charge is 2.00 e. The number of hydrogen-bond donors (Lipinski definition) is 0. The van der Waals surface area contributed by atoms with Crippen LogP contribution in [0.25, 0.3) is 0 Å². The molecule has 40 valence electrons. The van der Waals surface area contributed by atoms with Gasteiger partial charge in [-0.1, -0.05) is 0 Å². The Morgan fingerprint density at radius 1 is 0.286 bits per heavy atom. The first-order chi connectivity index (χ1) is 0. The Hall–Kier alpha value is 3.39. The van der Waals surface area contributed by atoms with E-state index < -0.39 is 0 Å². The van der Waals surface area contributed by atoms with Crippen molar-refractivity contribution in [3.63, 3.8) is 0 Å². The Bertz CT molecular complexity index is 6.04. The average molecular weight is 404 g/mol. The van der Waals surface area contributed by atoms with Crippen molar-refractivity contribution in [2.24, 2.45) is 0 Å². The van der Waals surface area contributed by atoms with Crippen molar-refractivity contribution in [2.45, 2.75) is 0 Å². The molecule has 0 heterocycles. The first kappa shape index (κ1) is 79.8. The van der Waals surface area contributed by atoms with Gasteiger partial charge in [0.05, 0.1) is 0 Å². The standard InChI is InChI=1S/5S.2Sb/q5*-2;2*+5. The summed E-state index contributed by atoms with van der Waals surface area (Å²) in [5.41, 5.74) is 0. The third-order valence-electron chi connectivity index (χ3n) is 0. The Labute approximate surface area is 114 Å². The maximum atomic E-state index is 0. The largest absolute Gasteiger partial charge is 5.00 e. The van der Waals surface area contributed by atoms with E-state index in [4.69, 9.17) is 0 Å². The van der Waals surface area contributed by atoms with Crippen LogP contribution < -0.4 is 0 Å². The Balaban J connectivity index is 0. The predicted molar refractivity (Wildman–Crippen MR) is 48.3 cm³/mol. The van der Waals surface area contributed by atoms with Crippen molar-refractivity contribution >= 4 is 116 Å². The van der Waals surface area contributed by atoms with E-state index in [-0.39, 0.29) is 116 Å². The Morgan fingerprint density at radius 3 is 0.286 bits per heavy atom. The van der Waals surface area contributed by atoms with Crippen molar-refractivity contribution in [1.82, 2.24) is 0 Å². The van der Waals surface area contributed by atoms with Crippen LogP contribution in [0.2, 0.25) is 0 Å². The Morgan fingerprint density at radius 2 is 0.286 bits per heavy atom. The minimum Gasteiger partial charge on any atom is -2.00 e. The Kier molecular flexibility index (Phi) is 656. The molecule has 0 radical (unpaired) electrons. The van der Waals surface area contributed by atoms with Crippen molar-refractivity contribution in [1.29, 1.82) is 0 Å². The van der Waals surface area contributed by atoms with Crippen LogP contribution in [0.1, 0.15) is 0 Å². The van der Waals surface area contributed by atoms with Crippen molar-refractivity contribution < 1.29 is 0 Å². The molecule has 0 bridgehead atoms. The van der Waals surface area contributed by atoms with Gasteiger partial charge in [0, 0.05) is 0 Å². The van der Waals surface area contributed by atoms with Crippen LogP contribution in [0.3, 0.4) is 0 Å². The van der Waals surface area contributed by atoms with E-state index in [1.165, 1.54) is 0 Å². The zero-order valence-electron chi connectivity index (χ0n) is 2.94. The summed E-state index contributed by atoms with van der Waals surface area (Å²) in [7, 11) is 0. The van der Waals surface area contributed by atoms with Gasteiger partial charge in [-0.25, -0.2) is 0 Å². The van der Waals surface area contributed by atoms with E-state index in [0.29, 0.717) is 0 Å². The van der Waals surface area contributed by atoms with E-state index in [9.17, 15) is 0 Å².